The molecule has 15 heavy (non-hydrogen) atoms. The van der Waals surface area contributed by atoms with Gasteiger partial charge in [-0.2, -0.15) is 0 Å². The predicted molar refractivity (Wildman–Crippen MR) is 70.2 cm³/mol. The Labute approximate surface area is 93.9 Å². The molecule has 0 saturated carbocycles. The lowest BCUT2D eigenvalue weighted by Gasteiger charge is -2.05. The maximum atomic E-state index is 5.58. The summed E-state index contributed by atoms with van der Waals surface area (Å²) in [6.07, 6.45) is 3.80. The van der Waals surface area contributed by atoms with Gasteiger partial charge in [-0.15, -0.1) is 0 Å². The Kier molecular flexibility index (Phi) is 8.64. The minimum absolute atomic E-state index is 0.819. The number of nitrogens with one attached hydrogen (secondary N) is 1. The highest BCUT2D eigenvalue weighted by atomic mass is 14.9. The summed E-state index contributed by atoms with van der Waals surface area (Å²) in [7, 11) is 0. The normalized spacial score (nSPS) is 9.00. The number of hydrogen-bond donors (Lipinski definition) is 2. The van der Waals surface area contributed by atoms with Crippen molar-refractivity contribution < 1.29 is 0 Å². The number of anilines is 2. The molecule has 1 rings (SSSR count). The van der Waals surface area contributed by atoms with E-state index in [1.807, 2.05) is 38.1 Å². The van der Waals surface area contributed by atoms with E-state index in [2.05, 4.69) is 12.2 Å². The second-order valence-electron chi connectivity index (χ2n) is 3.26. The summed E-state index contributed by atoms with van der Waals surface area (Å²) in [5, 5.41) is 3.35. The zero-order valence-corrected chi connectivity index (χ0v) is 10.2. The minimum atomic E-state index is 0.819. The Balaban J connectivity index is 0.000000921. The molecule has 0 atom stereocenters. The van der Waals surface area contributed by atoms with Gasteiger partial charge in [-0.1, -0.05) is 33.6 Å². The summed E-state index contributed by atoms with van der Waals surface area (Å²) in [6, 6.07) is 7.87. The monoisotopic (exact) mass is 208 g/mol. The second-order valence-corrected chi connectivity index (χ2v) is 3.26. The van der Waals surface area contributed by atoms with Crippen LogP contribution in [0.25, 0.3) is 0 Å². The first kappa shape index (κ1) is 13.8. The molecule has 0 aliphatic carbocycles. The zero-order valence-electron chi connectivity index (χ0n) is 10.2. The van der Waals surface area contributed by atoms with Crippen LogP contribution in [-0.4, -0.2) is 6.54 Å². The summed E-state index contributed by atoms with van der Waals surface area (Å²) in [5.41, 5.74) is 7.55. The fourth-order valence-corrected chi connectivity index (χ4v) is 1.21. The summed E-state index contributed by atoms with van der Waals surface area (Å²) < 4.78 is 0. The lowest BCUT2D eigenvalue weighted by molar-refractivity contribution is 0.744. The highest BCUT2D eigenvalue weighted by Crippen LogP contribution is 2.10. The smallest absolute Gasteiger partial charge is 0.0341 e. The molecule has 0 aliphatic rings. The molecular weight excluding hydrogens is 184 g/mol. The van der Waals surface area contributed by atoms with Crippen molar-refractivity contribution in [2.24, 2.45) is 0 Å². The van der Waals surface area contributed by atoms with Crippen LogP contribution < -0.4 is 11.1 Å². The van der Waals surface area contributed by atoms with E-state index in [0.717, 1.165) is 17.9 Å². The van der Waals surface area contributed by atoms with Gasteiger partial charge in [-0.3, -0.25) is 0 Å². The van der Waals surface area contributed by atoms with Gasteiger partial charge in [0.2, 0.25) is 0 Å². The zero-order chi connectivity index (χ0) is 11.5. The van der Waals surface area contributed by atoms with E-state index in [4.69, 9.17) is 5.73 Å². The summed E-state index contributed by atoms with van der Waals surface area (Å²) in [5.74, 6) is 0. The molecule has 0 aliphatic heterocycles. The average Bonchev–Trinajstić information content (AvgIpc) is 2.30. The lowest BCUT2D eigenvalue weighted by atomic mass is 10.2. The van der Waals surface area contributed by atoms with Crippen molar-refractivity contribution in [1.29, 1.82) is 0 Å². The van der Waals surface area contributed by atoms with E-state index < -0.39 is 0 Å². The maximum Gasteiger partial charge on any atom is 0.0341 e. The molecule has 3 N–H and O–H groups in total. The van der Waals surface area contributed by atoms with Crippen molar-refractivity contribution in [1.82, 2.24) is 0 Å². The van der Waals surface area contributed by atoms with Gasteiger partial charge in [0.1, 0.15) is 0 Å². The highest BCUT2D eigenvalue weighted by Gasteiger charge is 1.90. The number of rotatable bonds is 5. The van der Waals surface area contributed by atoms with Gasteiger partial charge in [0, 0.05) is 17.9 Å². The molecule has 86 valence electrons. The molecule has 2 heteroatoms. The van der Waals surface area contributed by atoms with E-state index in [1.165, 1.54) is 19.3 Å². The Morgan fingerprint density at radius 2 is 1.67 bits per heavy atom. The first-order valence-corrected chi connectivity index (χ1v) is 5.92. The number of benzene rings is 1. The van der Waals surface area contributed by atoms with E-state index in [0.29, 0.717) is 0 Å². The fourth-order valence-electron chi connectivity index (χ4n) is 1.21. The molecular formula is C13H24N2. The molecule has 0 unspecified atom stereocenters. The molecule has 0 radical (unpaired) electrons. The minimum Gasteiger partial charge on any atom is -0.399 e. The first-order valence-electron chi connectivity index (χ1n) is 5.92. The molecule has 0 fully saturated rings. The first-order chi connectivity index (χ1) is 7.33. The number of hydrogen-bond acceptors (Lipinski definition) is 2. The van der Waals surface area contributed by atoms with Crippen molar-refractivity contribution in [2.45, 2.75) is 40.0 Å². The summed E-state index contributed by atoms with van der Waals surface area (Å²) in [4.78, 5) is 0. The molecule has 0 spiro atoms. The van der Waals surface area contributed by atoms with Crippen molar-refractivity contribution in [3.8, 4) is 0 Å². The number of nitrogens with two attached hydrogens (primary N) is 1. The third kappa shape index (κ3) is 6.83. The molecule has 0 heterocycles. The SMILES string of the molecule is CC.CCCCCNc1ccc(N)cc1. The van der Waals surface area contributed by atoms with Crippen molar-refractivity contribution in [2.75, 3.05) is 17.6 Å². The van der Waals surface area contributed by atoms with Crippen LogP contribution >= 0.6 is 0 Å². The van der Waals surface area contributed by atoms with Crippen LogP contribution in [0.1, 0.15) is 40.0 Å². The molecule has 1 aromatic rings. The third-order valence-corrected chi connectivity index (χ3v) is 2.02. The standard InChI is InChI=1S/C11H18N2.C2H6/c1-2-3-4-9-13-11-7-5-10(12)6-8-11;1-2/h5-8,13H,2-4,9,12H2,1H3;1-2H3. The largest absolute Gasteiger partial charge is 0.399 e. The lowest BCUT2D eigenvalue weighted by Crippen LogP contribution is -2.00. The van der Waals surface area contributed by atoms with Gasteiger partial charge >= 0.3 is 0 Å². The predicted octanol–water partition coefficient (Wildman–Crippen LogP) is 3.90. The van der Waals surface area contributed by atoms with Crippen LogP contribution in [-0.2, 0) is 0 Å². The van der Waals surface area contributed by atoms with E-state index in [-0.39, 0.29) is 0 Å². The summed E-state index contributed by atoms with van der Waals surface area (Å²) >= 11 is 0. The fraction of sp³-hybridized carbons (Fsp3) is 0.538. The summed E-state index contributed by atoms with van der Waals surface area (Å²) in [6.45, 7) is 7.26. The van der Waals surface area contributed by atoms with Crippen LogP contribution in [0.5, 0.6) is 0 Å². The number of unbranched alkanes of at least 4 members (excludes halogenated alkanes) is 2. The van der Waals surface area contributed by atoms with Crippen molar-refractivity contribution in [3.63, 3.8) is 0 Å². The van der Waals surface area contributed by atoms with E-state index in [1.54, 1.807) is 0 Å². The van der Waals surface area contributed by atoms with Crippen molar-refractivity contribution in [3.05, 3.63) is 24.3 Å². The van der Waals surface area contributed by atoms with E-state index in [9.17, 15) is 0 Å². The Bertz CT molecular complexity index is 229. The van der Waals surface area contributed by atoms with Gasteiger partial charge in [-0.25, -0.2) is 0 Å². The number of nitrogen functional groups attached to an aromatic ring is 1. The van der Waals surface area contributed by atoms with Crippen molar-refractivity contribution >= 4 is 11.4 Å². The second kappa shape index (κ2) is 9.38. The van der Waals surface area contributed by atoms with Crippen LogP contribution in [0.15, 0.2) is 24.3 Å². The van der Waals surface area contributed by atoms with Gasteiger partial charge in [0.05, 0.1) is 0 Å². The van der Waals surface area contributed by atoms with Crippen LogP contribution in [0.3, 0.4) is 0 Å². The molecule has 2 nitrogen and oxygen atoms in total. The topological polar surface area (TPSA) is 38.0 Å². The molecule has 1 aromatic carbocycles. The Hall–Kier alpha value is -1.18. The van der Waals surface area contributed by atoms with Crippen LogP contribution in [0, 0.1) is 0 Å². The molecule has 0 saturated heterocycles. The quantitative estimate of drug-likeness (QED) is 0.569. The van der Waals surface area contributed by atoms with Crippen LogP contribution in [0.2, 0.25) is 0 Å². The van der Waals surface area contributed by atoms with Gasteiger partial charge in [0.15, 0.2) is 0 Å². The Morgan fingerprint density at radius 3 is 2.20 bits per heavy atom. The molecule has 0 bridgehead atoms. The average molecular weight is 208 g/mol. The third-order valence-electron chi connectivity index (χ3n) is 2.02. The van der Waals surface area contributed by atoms with Gasteiger partial charge in [0.25, 0.3) is 0 Å². The van der Waals surface area contributed by atoms with E-state index >= 15 is 0 Å². The van der Waals surface area contributed by atoms with Crippen LogP contribution in [0.4, 0.5) is 11.4 Å². The van der Waals surface area contributed by atoms with Gasteiger partial charge in [-0.05, 0) is 30.7 Å². The Morgan fingerprint density at radius 1 is 1.07 bits per heavy atom. The molecule has 0 aromatic heterocycles. The highest BCUT2D eigenvalue weighted by molar-refractivity contribution is 5.50. The van der Waals surface area contributed by atoms with Gasteiger partial charge < -0.3 is 11.1 Å². The maximum absolute atomic E-state index is 5.58. The molecule has 0 amide bonds.